The van der Waals surface area contributed by atoms with Crippen LogP contribution in [-0.2, 0) is 4.79 Å². The molecule has 0 saturated heterocycles. The summed E-state index contributed by atoms with van der Waals surface area (Å²) in [7, 11) is 1.89. The van der Waals surface area contributed by atoms with E-state index in [1.54, 1.807) is 30.6 Å². The molecule has 3 aromatic rings. The van der Waals surface area contributed by atoms with Gasteiger partial charge in [0.2, 0.25) is 5.91 Å². The first-order valence-electron chi connectivity index (χ1n) is 8.45. The van der Waals surface area contributed by atoms with Crippen LogP contribution in [0.25, 0.3) is 5.69 Å². The number of rotatable bonds is 6. The van der Waals surface area contributed by atoms with Crippen LogP contribution in [0.15, 0.2) is 67.0 Å². The van der Waals surface area contributed by atoms with Crippen LogP contribution in [-0.4, -0.2) is 34.2 Å². The predicted octanol–water partition coefficient (Wildman–Crippen LogP) is 3.64. The van der Waals surface area contributed by atoms with E-state index in [9.17, 15) is 9.18 Å². The molecule has 5 nitrogen and oxygen atoms in total. The van der Waals surface area contributed by atoms with Gasteiger partial charge in [0.15, 0.2) is 5.82 Å². The molecule has 0 saturated carbocycles. The van der Waals surface area contributed by atoms with Gasteiger partial charge in [0, 0.05) is 18.1 Å². The lowest BCUT2D eigenvalue weighted by atomic mass is 10.0. The van der Waals surface area contributed by atoms with Gasteiger partial charge in [-0.25, -0.2) is 9.07 Å². The highest BCUT2D eigenvalue weighted by Crippen LogP contribution is 2.23. The largest absolute Gasteiger partial charge is 0.324 e. The molecule has 0 aliphatic carbocycles. The van der Waals surface area contributed by atoms with Crippen LogP contribution < -0.4 is 5.32 Å². The van der Waals surface area contributed by atoms with Crippen molar-refractivity contribution in [3.05, 3.63) is 78.4 Å². The van der Waals surface area contributed by atoms with Crippen LogP contribution in [0.4, 0.5) is 10.1 Å². The van der Waals surface area contributed by atoms with Crippen molar-refractivity contribution in [2.75, 3.05) is 18.9 Å². The Labute approximate surface area is 152 Å². The number of halogens is 1. The minimum atomic E-state index is -0.452. The number of likely N-dealkylation sites (N-methyl/N-ethyl adjacent to an activating group) is 1. The Kier molecular flexibility index (Phi) is 5.43. The van der Waals surface area contributed by atoms with E-state index in [4.69, 9.17) is 0 Å². The second kappa shape index (κ2) is 7.93. The first-order valence-corrected chi connectivity index (χ1v) is 8.45. The van der Waals surface area contributed by atoms with E-state index in [2.05, 4.69) is 10.4 Å². The van der Waals surface area contributed by atoms with E-state index in [1.165, 1.54) is 10.7 Å². The van der Waals surface area contributed by atoms with Crippen LogP contribution >= 0.6 is 0 Å². The first-order chi connectivity index (χ1) is 12.6. The van der Waals surface area contributed by atoms with Gasteiger partial charge in [-0.3, -0.25) is 9.69 Å². The zero-order chi connectivity index (χ0) is 18.5. The molecule has 1 atom stereocenters. The van der Waals surface area contributed by atoms with E-state index >= 15 is 0 Å². The Hall–Kier alpha value is -2.99. The molecule has 0 fully saturated rings. The predicted molar refractivity (Wildman–Crippen MR) is 99.6 cm³/mol. The SMILES string of the molecule is CCN(C)[C@@H](C(=O)Nc1ccc(-n2cccn2)c(F)c1)c1ccccc1. The number of nitrogens with zero attached hydrogens (tertiary/aromatic N) is 3. The Morgan fingerprint density at radius 1 is 1.23 bits per heavy atom. The van der Waals surface area contributed by atoms with Crippen molar-refractivity contribution in [2.24, 2.45) is 0 Å². The molecular formula is C20H21FN4O. The molecule has 2 aromatic carbocycles. The van der Waals surface area contributed by atoms with E-state index in [-0.39, 0.29) is 5.91 Å². The molecule has 0 unspecified atom stereocenters. The maximum atomic E-state index is 14.4. The molecule has 1 amide bonds. The third kappa shape index (κ3) is 3.81. The normalized spacial score (nSPS) is 12.2. The van der Waals surface area contributed by atoms with Gasteiger partial charge in [-0.15, -0.1) is 0 Å². The van der Waals surface area contributed by atoms with Crippen molar-refractivity contribution in [1.29, 1.82) is 0 Å². The van der Waals surface area contributed by atoms with Crippen LogP contribution in [0.1, 0.15) is 18.5 Å². The fourth-order valence-corrected chi connectivity index (χ4v) is 2.82. The maximum absolute atomic E-state index is 14.4. The Bertz CT molecular complexity index is 865. The third-order valence-electron chi connectivity index (χ3n) is 4.27. The van der Waals surface area contributed by atoms with Gasteiger partial charge in [-0.1, -0.05) is 37.3 Å². The molecular weight excluding hydrogens is 331 g/mol. The number of hydrogen-bond acceptors (Lipinski definition) is 3. The molecule has 0 spiro atoms. The van der Waals surface area contributed by atoms with Gasteiger partial charge in [-0.2, -0.15) is 5.10 Å². The summed E-state index contributed by atoms with van der Waals surface area (Å²) in [5, 5.41) is 6.84. The monoisotopic (exact) mass is 352 g/mol. The summed E-state index contributed by atoms with van der Waals surface area (Å²) >= 11 is 0. The minimum Gasteiger partial charge on any atom is -0.324 e. The molecule has 1 N–H and O–H groups in total. The van der Waals surface area contributed by atoms with Gasteiger partial charge in [0.25, 0.3) is 0 Å². The standard InChI is InChI=1S/C20H21FN4O/c1-3-24(2)19(15-8-5-4-6-9-15)20(26)23-16-10-11-18(17(21)14-16)25-13-7-12-22-25/h4-14,19H,3H2,1-2H3,(H,23,26)/t19-/m1/s1. The molecule has 3 rings (SSSR count). The molecule has 26 heavy (non-hydrogen) atoms. The van der Waals surface area contributed by atoms with E-state index in [0.717, 1.165) is 5.56 Å². The third-order valence-corrected chi connectivity index (χ3v) is 4.27. The second-order valence-corrected chi connectivity index (χ2v) is 5.99. The van der Waals surface area contributed by atoms with E-state index in [1.807, 2.05) is 49.2 Å². The highest BCUT2D eigenvalue weighted by molar-refractivity contribution is 5.95. The molecule has 0 radical (unpaired) electrons. The summed E-state index contributed by atoms with van der Waals surface area (Å²) in [6, 6.07) is 15.4. The van der Waals surface area contributed by atoms with E-state index in [0.29, 0.717) is 17.9 Å². The smallest absolute Gasteiger partial charge is 0.246 e. The lowest BCUT2D eigenvalue weighted by molar-refractivity contribution is -0.121. The van der Waals surface area contributed by atoms with Crippen molar-refractivity contribution < 1.29 is 9.18 Å². The summed E-state index contributed by atoms with van der Waals surface area (Å²) in [5.74, 6) is -0.654. The number of carbonyl (C=O) groups is 1. The highest BCUT2D eigenvalue weighted by Gasteiger charge is 2.24. The number of anilines is 1. The maximum Gasteiger partial charge on any atom is 0.246 e. The Balaban J connectivity index is 1.82. The summed E-state index contributed by atoms with van der Waals surface area (Å²) in [4.78, 5) is 14.8. The average molecular weight is 352 g/mol. The van der Waals surface area contributed by atoms with Crippen LogP contribution in [0, 0.1) is 5.82 Å². The molecule has 1 heterocycles. The summed E-state index contributed by atoms with van der Waals surface area (Å²) in [6.45, 7) is 2.70. The lowest BCUT2D eigenvalue weighted by Crippen LogP contribution is -2.34. The minimum absolute atomic E-state index is 0.202. The van der Waals surface area contributed by atoms with Crippen molar-refractivity contribution in [3.63, 3.8) is 0 Å². The van der Waals surface area contributed by atoms with Gasteiger partial charge >= 0.3 is 0 Å². The van der Waals surface area contributed by atoms with Gasteiger partial charge < -0.3 is 5.32 Å². The van der Waals surface area contributed by atoms with Crippen molar-refractivity contribution in [1.82, 2.24) is 14.7 Å². The van der Waals surface area contributed by atoms with Crippen molar-refractivity contribution >= 4 is 11.6 Å². The molecule has 0 aliphatic heterocycles. The van der Waals surface area contributed by atoms with Crippen LogP contribution in [0.5, 0.6) is 0 Å². The molecule has 1 aromatic heterocycles. The summed E-state index contributed by atoms with van der Waals surface area (Å²) < 4.78 is 15.8. The summed E-state index contributed by atoms with van der Waals surface area (Å²) in [5.41, 5.74) is 1.63. The van der Waals surface area contributed by atoms with Crippen LogP contribution in [0.2, 0.25) is 0 Å². The van der Waals surface area contributed by atoms with E-state index < -0.39 is 11.9 Å². The fourth-order valence-electron chi connectivity index (χ4n) is 2.82. The number of benzene rings is 2. The van der Waals surface area contributed by atoms with Crippen molar-refractivity contribution in [3.8, 4) is 5.69 Å². The molecule has 0 bridgehead atoms. The topological polar surface area (TPSA) is 50.2 Å². The van der Waals surface area contributed by atoms with Gasteiger partial charge in [0.05, 0.1) is 0 Å². The van der Waals surface area contributed by atoms with Gasteiger partial charge in [-0.05, 0) is 43.4 Å². The number of nitrogens with one attached hydrogen (secondary N) is 1. The zero-order valence-corrected chi connectivity index (χ0v) is 14.8. The average Bonchev–Trinajstić information content (AvgIpc) is 3.17. The second-order valence-electron chi connectivity index (χ2n) is 5.99. The quantitative estimate of drug-likeness (QED) is 0.737. The molecule has 0 aliphatic rings. The first kappa shape index (κ1) is 17.8. The Morgan fingerprint density at radius 2 is 2.00 bits per heavy atom. The zero-order valence-electron chi connectivity index (χ0n) is 14.8. The van der Waals surface area contributed by atoms with Gasteiger partial charge in [0.1, 0.15) is 11.7 Å². The van der Waals surface area contributed by atoms with Crippen molar-refractivity contribution in [2.45, 2.75) is 13.0 Å². The number of amides is 1. The Morgan fingerprint density at radius 3 is 2.62 bits per heavy atom. The molecule has 6 heteroatoms. The highest BCUT2D eigenvalue weighted by atomic mass is 19.1. The number of carbonyl (C=O) groups excluding carboxylic acids is 1. The number of aromatic nitrogens is 2. The summed E-state index contributed by atoms with van der Waals surface area (Å²) in [6.07, 6.45) is 3.25. The molecule has 134 valence electrons. The lowest BCUT2D eigenvalue weighted by Gasteiger charge is -2.26. The number of hydrogen-bond donors (Lipinski definition) is 1. The van der Waals surface area contributed by atoms with Crippen LogP contribution in [0.3, 0.4) is 0 Å². The fraction of sp³-hybridized carbons (Fsp3) is 0.200.